The first-order valence-electron chi connectivity index (χ1n) is 6.34. The molecule has 0 amide bonds. The van der Waals surface area contributed by atoms with E-state index in [1.165, 1.54) is 24.6 Å². The molecule has 4 nitrogen and oxygen atoms in total. The first kappa shape index (κ1) is 12.3. The number of aliphatic imine (C=N–C) groups is 1. The SMILES string of the molecule is N=C1N=C(N2CCCC2)S/C1=C\c1ccccc1O. The van der Waals surface area contributed by atoms with Crippen molar-refractivity contribution in [3.05, 3.63) is 34.7 Å². The van der Waals surface area contributed by atoms with E-state index in [4.69, 9.17) is 5.41 Å². The predicted octanol–water partition coefficient (Wildman–Crippen LogP) is 2.91. The fourth-order valence-corrected chi connectivity index (χ4v) is 3.19. The van der Waals surface area contributed by atoms with Crippen molar-refractivity contribution in [3.8, 4) is 5.75 Å². The fraction of sp³-hybridized carbons (Fsp3) is 0.286. The van der Waals surface area contributed by atoms with Crippen molar-refractivity contribution in [2.24, 2.45) is 4.99 Å². The van der Waals surface area contributed by atoms with Crippen molar-refractivity contribution in [1.82, 2.24) is 4.90 Å². The van der Waals surface area contributed by atoms with Crippen LogP contribution in [0.3, 0.4) is 0 Å². The number of likely N-dealkylation sites (tertiary alicyclic amines) is 1. The number of hydrogen-bond acceptors (Lipinski definition) is 4. The molecule has 1 aromatic carbocycles. The van der Waals surface area contributed by atoms with Gasteiger partial charge in [0, 0.05) is 18.7 Å². The highest BCUT2D eigenvalue weighted by atomic mass is 32.2. The van der Waals surface area contributed by atoms with Crippen LogP contribution in [0.25, 0.3) is 6.08 Å². The van der Waals surface area contributed by atoms with Crippen LogP contribution in [-0.4, -0.2) is 34.1 Å². The van der Waals surface area contributed by atoms with Gasteiger partial charge in [-0.3, -0.25) is 5.41 Å². The number of thioether (sulfide) groups is 1. The number of amidine groups is 2. The van der Waals surface area contributed by atoms with Crippen molar-refractivity contribution in [2.75, 3.05) is 13.1 Å². The van der Waals surface area contributed by atoms with Crippen LogP contribution in [0.15, 0.2) is 34.2 Å². The standard InChI is InChI=1S/C14H15N3OS/c15-13-12(9-10-5-1-2-6-11(10)18)19-14(16-13)17-7-3-4-8-17/h1-2,5-6,9,15,18H,3-4,7-8H2/b12-9-,15-13?. The molecule has 0 aromatic heterocycles. The number of hydrogen-bond donors (Lipinski definition) is 2. The summed E-state index contributed by atoms with van der Waals surface area (Å²) in [6.07, 6.45) is 4.23. The minimum absolute atomic E-state index is 0.234. The third kappa shape index (κ3) is 2.51. The molecular formula is C14H15N3OS. The van der Waals surface area contributed by atoms with Crippen molar-refractivity contribution in [3.63, 3.8) is 0 Å². The average Bonchev–Trinajstić information content (AvgIpc) is 3.02. The van der Waals surface area contributed by atoms with E-state index in [1.54, 1.807) is 12.1 Å². The Labute approximate surface area is 116 Å². The molecule has 1 aromatic rings. The van der Waals surface area contributed by atoms with Crippen LogP contribution in [0.2, 0.25) is 0 Å². The van der Waals surface area contributed by atoms with Crippen LogP contribution in [0, 0.1) is 5.41 Å². The molecule has 0 unspecified atom stereocenters. The lowest BCUT2D eigenvalue weighted by Gasteiger charge is -2.14. The van der Waals surface area contributed by atoms with E-state index in [9.17, 15) is 5.11 Å². The third-order valence-electron chi connectivity index (χ3n) is 3.24. The van der Waals surface area contributed by atoms with Crippen LogP contribution >= 0.6 is 11.8 Å². The van der Waals surface area contributed by atoms with Gasteiger partial charge < -0.3 is 10.0 Å². The van der Waals surface area contributed by atoms with Gasteiger partial charge >= 0.3 is 0 Å². The number of phenols is 1. The lowest BCUT2D eigenvalue weighted by atomic mass is 10.2. The van der Waals surface area contributed by atoms with Crippen molar-refractivity contribution in [1.29, 1.82) is 5.41 Å². The molecule has 0 bridgehead atoms. The second-order valence-electron chi connectivity index (χ2n) is 4.61. The second kappa shape index (κ2) is 5.09. The molecule has 2 N–H and O–H groups in total. The first-order valence-corrected chi connectivity index (χ1v) is 7.16. The van der Waals surface area contributed by atoms with E-state index >= 15 is 0 Å². The number of para-hydroxylation sites is 1. The Kier molecular flexibility index (Phi) is 3.29. The zero-order valence-corrected chi connectivity index (χ0v) is 11.3. The molecule has 2 heterocycles. The molecule has 2 aliphatic heterocycles. The summed E-state index contributed by atoms with van der Waals surface area (Å²) in [5, 5.41) is 18.6. The number of nitrogens with zero attached hydrogens (tertiary/aromatic N) is 2. The Morgan fingerprint density at radius 1 is 1.26 bits per heavy atom. The van der Waals surface area contributed by atoms with E-state index in [-0.39, 0.29) is 11.6 Å². The van der Waals surface area contributed by atoms with Crippen LogP contribution in [0.4, 0.5) is 0 Å². The van der Waals surface area contributed by atoms with Crippen LogP contribution in [0.1, 0.15) is 18.4 Å². The minimum atomic E-state index is 0.234. The molecule has 1 fully saturated rings. The van der Waals surface area contributed by atoms with E-state index in [2.05, 4.69) is 9.89 Å². The van der Waals surface area contributed by atoms with Gasteiger partial charge in [-0.2, -0.15) is 0 Å². The highest BCUT2D eigenvalue weighted by Gasteiger charge is 2.25. The molecule has 0 atom stereocenters. The van der Waals surface area contributed by atoms with Gasteiger partial charge in [0.1, 0.15) is 5.75 Å². The van der Waals surface area contributed by atoms with Crippen LogP contribution in [-0.2, 0) is 0 Å². The Morgan fingerprint density at radius 3 is 2.74 bits per heavy atom. The number of benzene rings is 1. The van der Waals surface area contributed by atoms with Crippen molar-refractivity contribution >= 4 is 28.8 Å². The fourth-order valence-electron chi connectivity index (χ4n) is 2.21. The maximum absolute atomic E-state index is 9.76. The van der Waals surface area contributed by atoms with Gasteiger partial charge in [-0.1, -0.05) is 18.2 Å². The smallest absolute Gasteiger partial charge is 0.171 e. The van der Waals surface area contributed by atoms with Crippen molar-refractivity contribution in [2.45, 2.75) is 12.8 Å². The summed E-state index contributed by atoms with van der Waals surface area (Å²) in [7, 11) is 0. The van der Waals surface area contributed by atoms with Gasteiger partial charge in [-0.05, 0) is 36.7 Å². The molecule has 0 aliphatic carbocycles. The van der Waals surface area contributed by atoms with Gasteiger partial charge in [0.15, 0.2) is 11.0 Å². The average molecular weight is 273 g/mol. The second-order valence-corrected chi connectivity index (χ2v) is 5.62. The van der Waals surface area contributed by atoms with Gasteiger partial charge in [0.25, 0.3) is 0 Å². The first-order chi connectivity index (χ1) is 9.24. The summed E-state index contributed by atoms with van der Waals surface area (Å²) < 4.78 is 0. The normalized spacial score (nSPS) is 21.3. The van der Waals surface area contributed by atoms with Gasteiger partial charge in [0.05, 0.1) is 4.91 Å². The van der Waals surface area contributed by atoms with Crippen LogP contribution in [0.5, 0.6) is 5.75 Å². The molecule has 98 valence electrons. The van der Waals surface area contributed by atoms with E-state index in [0.29, 0.717) is 0 Å². The lowest BCUT2D eigenvalue weighted by Crippen LogP contribution is -2.23. The molecule has 5 heteroatoms. The zero-order valence-electron chi connectivity index (χ0n) is 10.5. The number of nitrogens with one attached hydrogen (secondary N) is 1. The quantitative estimate of drug-likeness (QED) is 0.827. The summed E-state index contributed by atoms with van der Waals surface area (Å²) >= 11 is 1.52. The number of phenolic OH excluding ortho intramolecular Hbond substituents is 1. The van der Waals surface area contributed by atoms with Crippen LogP contribution < -0.4 is 0 Å². The summed E-state index contributed by atoms with van der Waals surface area (Å²) in [5.41, 5.74) is 0.729. The van der Waals surface area contributed by atoms with Gasteiger partial charge in [0.2, 0.25) is 0 Å². The molecular weight excluding hydrogens is 258 g/mol. The maximum Gasteiger partial charge on any atom is 0.171 e. The highest BCUT2D eigenvalue weighted by Crippen LogP contribution is 2.33. The molecule has 1 saturated heterocycles. The maximum atomic E-state index is 9.76. The van der Waals surface area contributed by atoms with Gasteiger partial charge in [-0.25, -0.2) is 4.99 Å². The topological polar surface area (TPSA) is 59.7 Å². The minimum Gasteiger partial charge on any atom is -0.507 e. The zero-order chi connectivity index (χ0) is 13.2. The number of rotatable bonds is 1. The molecule has 19 heavy (non-hydrogen) atoms. The van der Waals surface area contributed by atoms with Crippen molar-refractivity contribution < 1.29 is 5.11 Å². The summed E-state index contributed by atoms with van der Waals surface area (Å²) in [6, 6.07) is 7.15. The van der Waals surface area contributed by atoms with E-state index < -0.39 is 0 Å². The number of aromatic hydroxyl groups is 1. The van der Waals surface area contributed by atoms with E-state index in [1.807, 2.05) is 18.2 Å². The lowest BCUT2D eigenvalue weighted by molar-refractivity contribution is 0.474. The highest BCUT2D eigenvalue weighted by molar-refractivity contribution is 8.18. The van der Waals surface area contributed by atoms with E-state index in [0.717, 1.165) is 28.7 Å². The largest absolute Gasteiger partial charge is 0.507 e. The summed E-state index contributed by atoms with van der Waals surface area (Å²) in [4.78, 5) is 7.34. The summed E-state index contributed by atoms with van der Waals surface area (Å²) in [5.74, 6) is 0.521. The Bertz CT molecular complexity index is 574. The Hall–Kier alpha value is -1.75. The Balaban J connectivity index is 1.81. The van der Waals surface area contributed by atoms with Gasteiger partial charge in [-0.15, -0.1) is 0 Å². The molecule has 2 aliphatic rings. The molecule has 0 radical (unpaired) electrons. The molecule has 0 spiro atoms. The molecule has 0 saturated carbocycles. The predicted molar refractivity (Wildman–Crippen MR) is 79.6 cm³/mol. The monoisotopic (exact) mass is 273 g/mol. The Morgan fingerprint density at radius 2 is 2.00 bits per heavy atom. The third-order valence-corrected chi connectivity index (χ3v) is 4.31. The molecule has 3 rings (SSSR count). The summed E-state index contributed by atoms with van der Waals surface area (Å²) in [6.45, 7) is 2.06.